The van der Waals surface area contributed by atoms with Gasteiger partial charge < -0.3 is 5.32 Å². The Morgan fingerprint density at radius 3 is 2.80 bits per heavy atom. The molecule has 0 spiro atoms. The summed E-state index contributed by atoms with van der Waals surface area (Å²) < 4.78 is 28.9. The van der Waals surface area contributed by atoms with Gasteiger partial charge >= 0.3 is 0 Å². The average Bonchev–Trinajstić information content (AvgIpc) is 3.19. The Hall–Kier alpha value is -3.75. The quantitative estimate of drug-likeness (QED) is 0.563. The number of anilines is 1. The number of hydrogen-bond donors (Lipinski definition) is 1. The van der Waals surface area contributed by atoms with Gasteiger partial charge in [0.05, 0.1) is 17.3 Å². The monoisotopic (exact) mass is 406 g/mol. The van der Waals surface area contributed by atoms with E-state index in [0.717, 1.165) is 6.07 Å². The van der Waals surface area contributed by atoms with Crippen LogP contribution in [0.2, 0.25) is 0 Å². The third kappa shape index (κ3) is 2.73. The molecule has 0 radical (unpaired) electrons. The molecule has 1 aromatic carbocycles. The van der Waals surface area contributed by atoms with Crippen LogP contribution in [0.4, 0.5) is 14.6 Å². The maximum Gasteiger partial charge on any atom is 0.235 e. The molecule has 1 amide bonds. The van der Waals surface area contributed by atoms with Crippen LogP contribution < -0.4 is 5.32 Å². The number of rotatable bonds is 3. The van der Waals surface area contributed by atoms with Crippen LogP contribution in [0.25, 0.3) is 22.6 Å². The van der Waals surface area contributed by atoms with Crippen molar-refractivity contribution in [3.05, 3.63) is 65.5 Å². The van der Waals surface area contributed by atoms with Crippen LogP contribution >= 0.6 is 0 Å². The van der Waals surface area contributed by atoms with Crippen molar-refractivity contribution in [1.82, 2.24) is 24.7 Å². The zero-order valence-corrected chi connectivity index (χ0v) is 16.1. The first-order valence-corrected chi connectivity index (χ1v) is 9.29. The maximum absolute atomic E-state index is 14.2. The number of hydrogen-bond acceptors (Lipinski definition) is 5. The van der Waals surface area contributed by atoms with Crippen LogP contribution in [0.5, 0.6) is 0 Å². The molecule has 1 aliphatic heterocycles. The minimum absolute atomic E-state index is 0.0638. The molecular formula is C21H16F2N6O. The second kappa shape index (κ2) is 6.38. The van der Waals surface area contributed by atoms with Crippen LogP contribution in [0.1, 0.15) is 25.0 Å². The molecule has 9 heteroatoms. The highest BCUT2D eigenvalue weighted by molar-refractivity contribution is 6.04. The van der Waals surface area contributed by atoms with Gasteiger partial charge in [0.2, 0.25) is 5.91 Å². The summed E-state index contributed by atoms with van der Waals surface area (Å²) in [4.78, 5) is 25.5. The summed E-state index contributed by atoms with van der Waals surface area (Å²) in [5.41, 5.74) is 1.26. The third-order valence-corrected chi connectivity index (χ3v) is 5.32. The van der Waals surface area contributed by atoms with E-state index >= 15 is 0 Å². The summed E-state index contributed by atoms with van der Waals surface area (Å²) in [7, 11) is 0. The number of nitrogens with zero attached hydrogens (tertiary/aromatic N) is 5. The van der Waals surface area contributed by atoms with Gasteiger partial charge in [0.1, 0.15) is 23.1 Å². The van der Waals surface area contributed by atoms with E-state index in [4.69, 9.17) is 0 Å². The van der Waals surface area contributed by atoms with E-state index in [-0.39, 0.29) is 18.0 Å². The Morgan fingerprint density at radius 1 is 1.17 bits per heavy atom. The second-order valence-electron chi connectivity index (χ2n) is 7.65. The molecule has 0 fully saturated rings. The highest BCUT2D eigenvalue weighted by Gasteiger charge is 2.40. The Labute approximate surface area is 169 Å². The Balaban J connectivity index is 1.62. The lowest BCUT2D eigenvalue weighted by Gasteiger charge is -2.13. The second-order valence-corrected chi connectivity index (χ2v) is 7.65. The number of carbonyl (C=O) groups excluding carboxylic acids is 1. The van der Waals surface area contributed by atoms with E-state index in [1.54, 1.807) is 18.5 Å². The van der Waals surface area contributed by atoms with Gasteiger partial charge in [-0.25, -0.2) is 28.4 Å². The van der Waals surface area contributed by atoms with Crippen molar-refractivity contribution in [3.63, 3.8) is 0 Å². The molecule has 30 heavy (non-hydrogen) atoms. The molecule has 1 N–H and O–H groups in total. The normalized spacial score (nSPS) is 14.7. The lowest BCUT2D eigenvalue weighted by atomic mass is 9.88. The van der Waals surface area contributed by atoms with Crippen molar-refractivity contribution in [3.8, 4) is 11.5 Å². The van der Waals surface area contributed by atoms with Crippen molar-refractivity contribution < 1.29 is 13.6 Å². The molecule has 150 valence electrons. The smallest absolute Gasteiger partial charge is 0.235 e. The Morgan fingerprint density at radius 2 is 2.00 bits per heavy atom. The van der Waals surface area contributed by atoms with Gasteiger partial charge in [0, 0.05) is 29.6 Å². The molecule has 0 saturated carbocycles. The minimum atomic E-state index is -0.711. The Kier molecular flexibility index (Phi) is 3.89. The summed E-state index contributed by atoms with van der Waals surface area (Å²) in [5, 5.41) is 8.02. The van der Waals surface area contributed by atoms with E-state index in [1.807, 2.05) is 19.9 Å². The van der Waals surface area contributed by atoms with Crippen molar-refractivity contribution >= 4 is 22.8 Å². The van der Waals surface area contributed by atoms with Gasteiger partial charge in [0.15, 0.2) is 11.5 Å². The van der Waals surface area contributed by atoms with Gasteiger partial charge in [0.25, 0.3) is 0 Å². The lowest BCUT2D eigenvalue weighted by molar-refractivity contribution is -0.119. The van der Waals surface area contributed by atoms with Crippen LogP contribution in [0, 0.1) is 11.6 Å². The molecule has 4 heterocycles. The lowest BCUT2D eigenvalue weighted by Crippen LogP contribution is -2.26. The van der Waals surface area contributed by atoms with Crippen molar-refractivity contribution in [1.29, 1.82) is 0 Å². The van der Waals surface area contributed by atoms with E-state index in [0.29, 0.717) is 33.9 Å². The molecule has 7 nitrogen and oxygen atoms in total. The zero-order valence-electron chi connectivity index (χ0n) is 16.1. The topological polar surface area (TPSA) is 85.6 Å². The molecule has 1 aliphatic rings. The number of halogens is 2. The maximum atomic E-state index is 14.2. The number of pyridine rings is 1. The van der Waals surface area contributed by atoms with E-state index in [9.17, 15) is 13.6 Å². The first-order chi connectivity index (χ1) is 14.3. The highest BCUT2D eigenvalue weighted by Crippen LogP contribution is 2.37. The van der Waals surface area contributed by atoms with Gasteiger partial charge in [-0.1, -0.05) is 6.07 Å². The van der Waals surface area contributed by atoms with Crippen LogP contribution in [0.3, 0.4) is 0 Å². The number of benzene rings is 1. The van der Waals surface area contributed by atoms with Crippen LogP contribution in [0.15, 0.2) is 42.7 Å². The van der Waals surface area contributed by atoms with Crippen LogP contribution in [-0.2, 0) is 16.8 Å². The minimum Gasteiger partial charge on any atom is -0.310 e. The number of nitrogens with one attached hydrogen (secondary N) is 1. The zero-order chi connectivity index (χ0) is 21.0. The first-order valence-electron chi connectivity index (χ1n) is 9.29. The molecule has 0 saturated heterocycles. The molecular weight excluding hydrogens is 390 g/mol. The van der Waals surface area contributed by atoms with Gasteiger partial charge in [-0.05, 0) is 32.0 Å². The van der Waals surface area contributed by atoms with Crippen molar-refractivity contribution in [2.45, 2.75) is 25.8 Å². The van der Waals surface area contributed by atoms with E-state index < -0.39 is 17.0 Å². The van der Waals surface area contributed by atoms with Gasteiger partial charge in [-0.15, -0.1) is 0 Å². The molecule has 4 aromatic rings. The molecule has 0 aliphatic carbocycles. The molecule has 0 bridgehead atoms. The standard InChI is InChI=1S/C21H16F2N6O/c1-21(2)14-9-25-18(26-17(14)27-20(21)30)16-13-4-3-7-24-19(13)29(28-16)10-11-5-6-12(22)8-15(11)23/h3-9H,10H2,1-2H3,(H,25,26,27,30). The number of aromatic nitrogens is 5. The molecule has 3 aromatic heterocycles. The predicted octanol–water partition coefficient (Wildman–Crippen LogP) is 3.44. The van der Waals surface area contributed by atoms with Gasteiger partial charge in [-0.3, -0.25) is 4.79 Å². The number of fused-ring (bicyclic) bond motifs is 2. The fourth-order valence-electron chi connectivity index (χ4n) is 3.53. The van der Waals surface area contributed by atoms with Crippen molar-refractivity contribution in [2.24, 2.45) is 0 Å². The van der Waals surface area contributed by atoms with Gasteiger partial charge in [-0.2, -0.15) is 5.10 Å². The van der Waals surface area contributed by atoms with Crippen molar-refractivity contribution in [2.75, 3.05) is 5.32 Å². The first kappa shape index (κ1) is 18.3. The third-order valence-electron chi connectivity index (χ3n) is 5.32. The Bertz CT molecular complexity index is 1330. The summed E-state index contributed by atoms with van der Waals surface area (Å²) in [5.74, 6) is -0.672. The summed E-state index contributed by atoms with van der Waals surface area (Å²) >= 11 is 0. The highest BCUT2D eigenvalue weighted by atomic mass is 19.1. The fraction of sp³-hybridized carbons (Fsp3) is 0.190. The summed E-state index contributed by atoms with van der Waals surface area (Å²) in [6.07, 6.45) is 3.23. The molecule has 0 atom stereocenters. The number of amides is 1. The van der Waals surface area contributed by atoms with E-state index in [1.165, 1.54) is 16.8 Å². The summed E-state index contributed by atoms with van der Waals surface area (Å²) in [6, 6.07) is 7.00. The number of carbonyl (C=O) groups is 1. The molecule has 0 unspecified atom stereocenters. The largest absolute Gasteiger partial charge is 0.310 e. The predicted molar refractivity (Wildman–Crippen MR) is 106 cm³/mol. The average molecular weight is 406 g/mol. The fourth-order valence-corrected chi connectivity index (χ4v) is 3.53. The summed E-state index contributed by atoms with van der Waals surface area (Å²) in [6.45, 7) is 3.68. The van der Waals surface area contributed by atoms with E-state index in [2.05, 4.69) is 25.4 Å². The molecule has 5 rings (SSSR count). The van der Waals surface area contributed by atoms with Crippen LogP contribution in [-0.4, -0.2) is 30.6 Å². The SMILES string of the molecule is CC1(C)C(=O)Nc2nc(-c3nn(Cc4ccc(F)cc4F)c4ncccc34)ncc21.